The van der Waals surface area contributed by atoms with Gasteiger partial charge >= 0.3 is 6.36 Å². The highest BCUT2D eigenvalue weighted by Crippen LogP contribution is 2.32. The molecule has 0 amide bonds. The van der Waals surface area contributed by atoms with E-state index in [2.05, 4.69) is 14.7 Å². The van der Waals surface area contributed by atoms with E-state index in [1.54, 1.807) is 0 Å². The zero-order valence-electron chi connectivity index (χ0n) is 14.8. The summed E-state index contributed by atoms with van der Waals surface area (Å²) in [6, 6.07) is 6.38. The van der Waals surface area contributed by atoms with Crippen LogP contribution in [0.4, 0.5) is 13.2 Å². The molecule has 0 aliphatic carbocycles. The van der Waals surface area contributed by atoms with Crippen molar-refractivity contribution in [3.05, 3.63) is 42.4 Å². The number of ether oxygens (including phenoxy) is 2. The maximum atomic E-state index is 13.0. The first-order valence-electron chi connectivity index (χ1n) is 8.43. The van der Waals surface area contributed by atoms with E-state index < -0.39 is 33.1 Å². The quantitative estimate of drug-likeness (QED) is 0.720. The summed E-state index contributed by atoms with van der Waals surface area (Å²) in [6.07, 6.45) is -2.13. The normalized spacial score (nSPS) is 18.1. The monoisotopic (exact) mass is 428 g/mol. The molecule has 29 heavy (non-hydrogen) atoms. The summed E-state index contributed by atoms with van der Waals surface area (Å²) in [4.78, 5) is 7.16. The first-order chi connectivity index (χ1) is 13.7. The smallest absolute Gasteiger partial charge is 0.471 e. The van der Waals surface area contributed by atoms with Crippen LogP contribution in [0.3, 0.4) is 0 Å². The van der Waals surface area contributed by atoms with Crippen LogP contribution in [0, 0.1) is 11.3 Å². The second kappa shape index (κ2) is 8.22. The molecule has 0 radical (unpaired) electrons. The van der Waals surface area contributed by atoms with Gasteiger partial charge in [0.15, 0.2) is 0 Å². The molecule has 0 spiro atoms. The van der Waals surface area contributed by atoms with Crippen LogP contribution in [0.2, 0.25) is 0 Å². The highest BCUT2D eigenvalue weighted by Gasteiger charge is 2.37. The molecule has 0 bridgehead atoms. The Morgan fingerprint density at radius 3 is 2.66 bits per heavy atom. The number of hydrogen-bond acceptors (Lipinski definition) is 7. The SMILES string of the molecule is N#Cc1nccnc1OC1CCCN(S(=O)(=O)c2ccccc2OC(F)(F)F)C1. The summed E-state index contributed by atoms with van der Waals surface area (Å²) < 4.78 is 74.4. The van der Waals surface area contributed by atoms with Gasteiger partial charge in [-0.25, -0.2) is 18.4 Å². The van der Waals surface area contributed by atoms with Gasteiger partial charge in [0.1, 0.15) is 22.8 Å². The van der Waals surface area contributed by atoms with E-state index in [1.165, 1.54) is 24.5 Å². The van der Waals surface area contributed by atoms with E-state index in [9.17, 15) is 21.6 Å². The minimum Gasteiger partial charge on any atom is -0.471 e. The third kappa shape index (κ3) is 4.93. The summed E-state index contributed by atoms with van der Waals surface area (Å²) in [5.41, 5.74) is -0.0450. The molecule has 1 aromatic heterocycles. The number of aromatic nitrogens is 2. The van der Waals surface area contributed by atoms with Crippen molar-refractivity contribution in [1.82, 2.24) is 14.3 Å². The van der Waals surface area contributed by atoms with Gasteiger partial charge < -0.3 is 9.47 Å². The van der Waals surface area contributed by atoms with E-state index in [4.69, 9.17) is 10.00 Å². The van der Waals surface area contributed by atoms with E-state index in [0.29, 0.717) is 12.8 Å². The Balaban J connectivity index is 1.83. The van der Waals surface area contributed by atoms with Crippen LogP contribution in [-0.2, 0) is 10.0 Å². The third-order valence-corrected chi connectivity index (χ3v) is 5.99. The maximum absolute atomic E-state index is 13.0. The first kappa shape index (κ1) is 20.8. The number of nitrogens with zero attached hydrogens (tertiary/aromatic N) is 4. The lowest BCUT2D eigenvalue weighted by Gasteiger charge is -2.32. The van der Waals surface area contributed by atoms with Crippen molar-refractivity contribution in [2.24, 2.45) is 0 Å². The van der Waals surface area contributed by atoms with Crippen molar-refractivity contribution in [2.45, 2.75) is 30.2 Å². The number of rotatable bonds is 5. The Morgan fingerprint density at radius 1 is 1.21 bits per heavy atom. The molecular weight excluding hydrogens is 413 g/mol. The molecule has 2 aromatic rings. The number of hydrogen-bond donors (Lipinski definition) is 0. The molecule has 0 saturated carbocycles. The summed E-state index contributed by atoms with van der Waals surface area (Å²) in [5, 5.41) is 9.06. The molecule has 2 heterocycles. The van der Waals surface area contributed by atoms with Crippen LogP contribution in [0.15, 0.2) is 41.6 Å². The predicted octanol–water partition coefficient (Wildman–Crippen LogP) is 2.48. The van der Waals surface area contributed by atoms with Crippen LogP contribution in [0.1, 0.15) is 18.5 Å². The van der Waals surface area contributed by atoms with Crippen molar-refractivity contribution in [3.63, 3.8) is 0 Å². The van der Waals surface area contributed by atoms with Gasteiger partial charge in [-0.1, -0.05) is 12.1 Å². The van der Waals surface area contributed by atoms with Crippen LogP contribution in [0.5, 0.6) is 11.6 Å². The van der Waals surface area contributed by atoms with Crippen LogP contribution >= 0.6 is 0 Å². The van der Waals surface area contributed by atoms with Gasteiger partial charge in [0, 0.05) is 18.9 Å². The average Bonchev–Trinajstić information content (AvgIpc) is 2.68. The van der Waals surface area contributed by atoms with Crippen molar-refractivity contribution in [1.29, 1.82) is 5.26 Å². The van der Waals surface area contributed by atoms with Crippen LogP contribution < -0.4 is 9.47 Å². The molecule has 1 aliphatic heterocycles. The molecule has 3 rings (SSSR count). The van der Waals surface area contributed by atoms with E-state index in [1.807, 2.05) is 6.07 Å². The molecular formula is C17H15F3N4O4S. The Labute approximate surface area is 164 Å². The van der Waals surface area contributed by atoms with Crippen LogP contribution in [-0.4, -0.2) is 48.2 Å². The van der Waals surface area contributed by atoms with Crippen molar-refractivity contribution < 1.29 is 31.1 Å². The lowest BCUT2D eigenvalue weighted by Crippen LogP contribution is -2.44. The number of halogens is 3. The number of piperidine rings is 1. The van der Waals surface area contributed by atoms with Crippen molar-refractivity contribution >= 4 is 10.0 Å². The van der Waals surface area contributed by atoms with Gasteiger partial charge in [0.05, 0.1) is 6.54 Å². The zero-order chi connectivity index (χ0) is 21.1. The van der Waals surface area contributed by atoms with E-state index in [-0.39, 0.29) is 24.7 Å². The predicted molar refractivity (Wildman–Crippen MR) is 92.3 cm³/mol. The Morgan fingerprint density at radius 2 is 1.93 bits per heavy atom. The molecule has 1 aliphatic rings. The van der Waals surface area contributed by atoms with Gasteiger partial charge in [-0.2, -0.15) is 9.57 Å². The van der Waals surface area contributed by atoms with Gasteiger partial charge in [0.25, 0.3) is 5.88 Å². The fraction of sp³-hybridized carbons (Fsp3) is 0.353. The molecule has 12 heteroatoms. The Hall–Kier alpha value is -2.91. The topological polar surface area (TPSA) is 105 Å². The number of benzene rings is 1. The molecule has 0 N–H and O–H groups in total. The highest BCUT2D eigenvalue weighted by atomic mass is 32.2. The van der Waals surface area contributed by atoms with Crippen molar-refractivity contribution in [2.75, 3.05) is 13.1 Å². The summed E-state index contributed by atoms with van der Waals surface area (Å²) >= 11 is 0. The van der Waals surface area contributed by atoms with Crippen molar-refractivity contribution in [3.8, 4) is 17.7 Å². The second-order valence-corrected chi connectivity index (χ2v) is 7.97. The zero-order valence-corrected chi connectivity index (χ0v) is 15.7. The van der Waals surface area contributed by atoms with Gasteiger partial charge in [0.2, 0.25) is 15.7 Å². The number of sulfonamides is 1. The Kier molecular flexibility index (Phi) is 5.90. The lowest BCUT2D eigenvalue weighted by molar-refractivity contribution is -0.275. The molecule has 1 saturated heterocycles. The number of para-hydroxylation sites is 1. The van der Waals surface area contributed by atoms with E-state index in [0.717, 1.165) is 16.4 Å². The Bertz CT molecular complexity index is 1020. The fourth-order valence-electron chi connectivity index (χ4n) is 2.88. The minimum atomic E-state index is -5.03. The van der Waals surface area contributed by atoms with Crippen LogP contribution in [0.25, 0.3) is 0 Å². The number of alkyl halides is 3. The first-order valence-corrected chi connectivity index (χ1v) is 9.87. The maximum Gasteiger partial charge on any atom is 0.573 e. The lowest BCUT2D eigenvalue weighted by atomic mass is 10.1. The average molecular weight is 428 g/mol. The molecule has 8 nitrogen and oxygen atoms in total. The molecule has 1 atom stereocenters. The highest BCUT2D eigenvalue weighted by molar-refractivity contribution is 7.89. The second-order valence-electron chi connectivity index (χ2n) is 6.06. The van der Waals surface area contributed by atoms with E-state index >= 15 is 0 Å². The largest absolute Gasteiger partial charge is 0.573 e. The number of nitriles is 1. The standard InChI is InChI=1S/C17H15F3N4O4S/c18-17(19,20)28-14-5-1-2-6-15(14)29(25,26)24-9-3-4-12(11-24)27-16-13(10-21)22-7-8-23-16/h1-2,5-8,12H,3-4,9,11H2. The third-order valence-electron chi connectivity index (χ3n) is 4.08. The summed E-state index contributed by atoms with van der Waals surface area (Å²) in [7, 11) is -4.28. The molecule has 1 fully saturated rings. The summed E-state index contributed by atoms with van der Waals surface area (Å²) in [6.45, 7) is -0.0156. The molecule has 154 valence electrons. The molecule has 1 unspecified atom stereocenters. The fourth-order valence-corrected chi connectivity index (χ4v) is 4.50. The minimum absolute atomic E-state index is 0.0277. The van der Waals surface area contributed by atoms with Gasteiger partial charge in [-0.3, -0.25) is 0 Å². The molecule has 1 aromatic carbocycles. The van der Waals surface area contributed by atoms with Gasteiger partial charge in [-0.05, 0) is 25.0 Å². The van der Waals surface area contributed by atoms with Gasteiger partial charge in [-0.15, -0.1) is 13.2 Å². The summed E-state index contributed by atoms with van der Waals surface area (Å²) in [5.74, 6) is -0.830.